The quantitative estimate of drug-likeness (QED) is 0.581. The van der Waals surface area contributed by atoms with E-state index in [0.29, 0.717) is 5.82 Å². The highest BCUT2D eigenvalue weighted by molar-refractivity contribution is 5.67. The molecule has 0 amide bonds. The maximum absolute atomic E-state index is 4.64. The summed E-state index contributed by atoms with van der Waals surface area (Å²) in [5.74, 6) is 0.600. The first kappa shape index (κ1) is 14.2. The van der Waals surface area contributed by atoms with Crippen LogP contribution in [0.3, 0.4) is 0 Å². The van der Waals surface area contributed by atoms with E-state index in [1.165, 1.54) is 0 Å². The van der Waals surface area contributed by atoms with Crippen molar-refractivity contribution in [3.63, 3.8) is 0 Å². The SMILES string of the molecule is Cn1nc(-c2cccc(-c3ncccn3)n2)cc1-c1cccnc1. The third-order valence-corrected chi connectivity index (χ3v) is 3.64. The van der Waals surface area contributed by atoms with Gasteiger partial charge in [-0.15, -0.1) is 0 Å². The summed E-state index contributed by atoms with van der Waals surface area (Å²) in [4.78, 5) is 17.3. The Balaban J connectivity index is 1.75. The van der Waals surface area contributed by atoms with Gasteiger partial charge in [0.05, 0.1) is 11.4 Å². The maximum atomic E-state index is 4.64. The fourth-order valence-electron chi connectivity index (χ4n) is 2.51. The molecule has 0 saturated heterocycles. The lowest BCUT2D eigenvalue weighted by Crippen LogP contribution is -1.95. The van der Waals surface area contributed by atoms with Crippen LogP contribution in [0.25, 0.3) is 34.2 Å². The van der Waals surface area contributed by atoms with E-state index < -0.39 is 0 Å². The van der Waals surface area contributed by atoms with Gasteiger partial charge in [-0.1, -0.05) is 6.07 Å². The van der Waals surface area contributed by atoms with E-state index in [1.807, 2.05) is 54.3 Å². The third kappa shape index (κ3) is 2.65. The van der Waals surface area contributed by atoms with Crippen LogP contribution >= 0.6 is 0 Å². The van der Waals surface area contributed by atoms with E-state index >= 15 is 0 Å². The van der Waals surface area contributed by atoms with E-state index in [4.69, 9.17) is 0 Å². The number of aryl methyl sites for hydroxylation is 1. The van der Waals surface area contributed by atoms with Gasteiger partial charge in [0.25, 0.3) is 0 Å². The molecule has 0 atom stereocenters. The van der Waals surface area contributed by atoms with Gasteiger partial charge < -0.3 is 0 Å². The predicted octanol–water partition coefficient (Wildman–Crippen LogP) is 3.00. The Morgan fingerprint density at radius 1 is 0.833 bits per heavy atom. The molecular formula is C18H14N6. The highest BCUT2D eigenvalue weighted by Crippen LogP contribution is 2.25. The van der Waals surface area contributed by atoms with Crippen molar-refractivity contribution in [3.8, 4) is 34.2 Å². The molecular weight excluding hydrogens is 300 g/mol. The second-order valence-corrected chi connectivity index (χ2v) is 5.26. The molecule has 116 valence electrons. The molecule has 0 spiro atoms. The van der Waals surface area contributed by atoms with Crippen LogP contribution in [-0.4, -0.2) is 29.7 Å². The topological polar surface area (TPSA) is 69.4 Å². The number of hydrogen-bond acceptors (Lipinski definition) is 5. The summed E-state index contributed by atoms with van der Waals surface area (Å²) in [6.45, 7) is 0. The zero-order chi connectivity index (χ0) is 16.4. The summed E-state index contributed by atoms with van der Waals surface area (Å²) in [7, 11) is 1.91. The van der Waals surface area contributed by atoms with Crippen LogP contribution in [0.5, 0.6) is 0 Å². The van der Waals surface area contributed by atoms with Gasteiger partial charge in [0, 0.05) is 37.4 Å². The Bertz CT molecular complexity index is 963. The molecule has 0 aliphatic carbocycles. The highest BCUT2D eigenvalue weighted by atomic mass is 15.3. The normalized spacial score (nSPS) is 10.7. The average molecular weight is 314 g/mol. The maximum Gasteiger partial charge on any atom is 0.178 e. The molecule has 0 saturated carbocycles. The summed E-state index contributed by atoms with van der Waals surface area (Å²) in [6.07, 6.45) is 6.99. The van der Waals surface area contributed by atoms with Crippen LogP contribution in [0, 0.1) is 0 Å². The van der Waals surface area contributed by atoms with Gasteiger partial charge in [0.15, 0.2) is 5.82 Å². The van der Waals surface area contributed by atoms with E-state index in [0.717, 1.165) is 28.3 Å². The predicted molar refractivity (Wildman–Crippen MR) is 90.7 cm³/mol. The van der Waals surface area contributed by atoms with Crippen LogP contribution in [0.15, 0.2) is 67.3 Å². The van der Waals surface area contributed by atoms with Crippen molar-refractivity contribution in [3.05, 3.63) is 67.3 Å². The summed E-state index contributed by atoms with van der Waals surface area (Å²) in [5, 5.41) is 4.58. The van der Waals surface area contributed by atoms with E-state index in [9.17, 15) is 0 Å². The molecule has 4 rings (SSSR count). The molecule has 0 fully saturated rings. The first-order valence-corrected chi connectivity index (χ1v) is 7.50. The number of pyridine rings is 2. The summed E-state index contributed by atoms with van der Waals surface area (Å²) < 4.78 is 1.83. The number of hydrogen-bond donors (Lipinski definition) is 0. The number of nitrogens with zero attached hydrogens (tertiary/aromatic N) is 6. The van der Waals surface area contributed by atoms with Crippen molar-refractivity contribution < 1.29 is 0 Å². The van der Waals surface area contributed by atoms with E-state index in [1.54, 1.807) is 24.7 Å². The van der Waals surface area contributed by atoms with Gasteiger partial charge in [0.2, 0.25) is 0 Å². The molecule has 24 heavy (non-hydrogen) atoms. The smallest absolute Gasteiger partial charge is 0.178 e. The zero-order valence-electron chi connectivity index (χ0n) is 13.0. The Hall–Kier alpha value is -3.41. The van der Waals surface area contributed by atoms with E-state index in [-0.39, 0.29) is 0 Å². The molecule has 6 heteroatoms. The standard InChI is InChI=1S/C18H14N6/c1-24-17(13-5-3-8-19-12-13)11-16(23-24)14-6-2-7-15(22-14)18-20-9-4-10-21-18/h2-12H,1H3. The fourth-order valence-corrected chi connectivity index (χ4v) is 2.51. The molecule has 6 nitrogen and oxygen atoms in total. The number of aromatic nitrogens is 6. The summed E-state index contributed by atoms with van der Waals surface area (Å²) in [5.41, 5.74) is 4.31. The lowest BCUT2D eigenvalue weighted by atomic mass is 10.1. The van der Waals surface area contributed by atoms with Gasteiger partial charge in [-0.2, -0.15) is 5.10 Å². The van der Waals surface area contributed by atoms with Crippen molar-refractivity contribution in [1.29, 1.82) is 0 Å². The van der Waals surface area contributed by atoms with Crippen LogP contribution in [0.4, 0.5) is 0 Å². The van der Waals surface area contributed by atoms with Gasteiger partial charge in [-0.05, 0) is 36.4 Å². The Morgan fingerprint density at radius 3 is 2.46 bits per heavy atom. The Kier molecular flexibility index (Phi) is 3.55. The second kappa shape index (κ2) is 6.00. The van der Waals surface area contributed by atoms with Gasteiger partial charge >= 0.3 is 0 Å². The van der Waals surface area contributed by atoms with E-state index in [2.05, 4.69) is 25.0 Å². The van der Waals surface area contributed by atoms with Crippen molar-refractivity contribution in [2.24, 2.45) is 7.05 Å². The molecule has 0 N–H and O–H groups in total. The second-order valence-electron chi connectivity index (χ2n) is 5.26. The molecule has 0 unspecified atom stereocenters. The van der Waals surface area contributed by atoms with Crippen LogP contribution in [0.2, 0.25) is 0 Å². The fraction of sp³-hybridized carbons (Fsp3) is 0.0556. The molecule has 0 radical (unpaired) electrons. The van der Waals surface area contributed by atoms with Gasteiger partial charge in [-0.3, -0.25) is 9.67 Å². The minimum Gasteiger partial charge on any atom is -0.267 e. The molecule has 0 aliphatic rings. The lowest BCUT2D eigenvalue weighted by Gasteiger charge is -2.00. The van der Waals surface area contributed by atoms with Crippen LogP contribution in [0.1, 0.15) is 0 Å². The minimum atomic E-state index is 0.600. The first-order valence-electron chi connectivity index (χ1n) is 7.50. The van der Waals surface area contributed by atoms with Crippen molar-refractivity contribution in [1.82, 2.24) is 29.7 Å². The monoisotopic (exact) mass is 314 g/mol. The molecule has 4 aromatic rings. The Morgan fingerprint density at radius 2 is 1.67 bits per heavy atom. The van der Waals surface area contributed by atoms with Crippen LogP contribution in [-0.2, 0) is 7.05 Å². The minimum absolute atomic E-state index is 0.600. The average Bonchev–Trinajstić information content (AvgIpc) is 3.05. The van der Waals surface area contributed by atoms with Crippen molar-refractivity contribution >= 4 is 0 Å². The molecule has 0 aromatic carbocycles. The third-order valence-electron chi connectivity index (χ3n) is 3.64. The number of rotatable bonds is 3. The largest absolute Gasteiger partial charge is 0.267 e. The highest BCUT2D eigenvalue weighted by Gasteiger charge is 2.11. The first-order chi connectivity index (χ1) is 11.8. The van der Waals surface area contributed by atoms with Crippen molar-refractivity contribution in [2.45, 2.75) is 0 Å². The molecule has 0 bridgehead atoms. The van der Waals surface area contributed by atoms with Crippen molar-refractivity contribution in [2.75, 3.05) is 0 Å². The summed E-state index contributed by atoms with van der Waals surface area (Å²) in [6, 6.07) is 13.5. The lowest BCUT2D eigenvalue weighted by molar-refractivity contribution is 0.777. The molecule has 4 heterocycles. The molecule has 4 aromatic heterocycles. The molecule has 0 aliphatic heterocycles. The zero-order valence-corrected chi connectivity index (χ0v) is 13.0. The van der Waals surface area contributed by atoms with Crippen LogP contribution < -0.4 is 0 Å². The Labute approximate surface area is 138 Å². The van der Waals surface area contributed by atoms with Gasteiger partial charge in [0.1, 0.15) is 11.4 Å². The van der Waals surface area contributed by atoms with Gasteiger partial charge in [-0.25, -0.2) is 15.0 Å². The summed E-state index contributed by atoms with van der Waals surface area (Å²) >= 11 is 0.